The normalized spacial score (nSPS) is 15.8. The Bertz CT molecular complexity index is 472. The Morgan fingerprint density at radius 3 is 2.83 bits per heavy atom. The fraction of sp³-hybridized carbons (Fsp3) is 0.545. The molecule has 1 aromatic rings. The molecule has 0 aromatic carbocycles. The Morgan fingerprint density at radius 2 is 2.17 bits per heavy atom. The molecule has 0 fully saturated rings. The van der Waals surface area contributed by atoms with Gasteiger partial charge in [-0.15, -0.1) is 0 Å². The summed E-state index contributed by atoms with van der Waals surface area (Å²) < 4.78 is 17.4. The first-order valence-corrected chi connectivity index (χ1v) is 5.70. The minimum Gasteiger partial charge on any atom is -0.480 e. The first kappa shape index (κ1) is 12.5. The van der Waals surface area contributed by atoms with E-state index >= 15 is 0 Å². The molecule has 1 amide bonds. The van der Waals surface area contributed by atoms with Gasteiger partial charge >= 0.3 is 5.97 Å². The number of aryl methyl sites for hydroxylation is 1. The molecule has 18 heavy (non-hydrogen) atoms. The van der Waals surface area contributed by atoms with Crippen molar-refractivity contribution < 1.29 is 23.6 Å². The van der Waals surface area contributed by atoms with E-state index in [1.54, 1.807) is 0 Å². The maximum Gasteiger partial charge on any atom is 0.328 e. The highest BCUT2D eigenvalue weighted by Crippen LogP contribution is 2.24. The van der Waals surface area contributed by atoms with Crippen LogP contribution >= 0.6 is 0 Å². The van der Waals surface area contributed by atoms with Gasteiger partial charge in [0.05, 0.1) is 0 Å². The van der Waals surface area contributed by atoms with E-state index in [4.69, 9.17) is 9.63 Å². The van der Waals surface area contributed by atoms with Crippen LogP contribution in [0.5, 0.6) is 0 Å². The smallest absolute Gasteiger partial charge is 0.328 e. The number of nitrogens with one attached hydrogen (secondary N) is 1. The van der Waals surface area contributed by atoms with E-state index in [1.165, 1.54) is 0 Å². The van der Waals surface area contributed by atoms with Gasteiger partial charge in [-0.05, 0) is 19.3 Å². The van der Waals surface area contributed by atoms with Crippen LogP contribution in [0, 0.1) is 0 Å². The summed E-state index contributed by atoms with van der Waals surface area (Å²) in [4.78, 5) is 22.4. The van der Waals surface area contributed by atoms with E-state index in [9.17, 15) is 14.0 Å². The standard InChI is InChI=1S/C11H13FN2O4/c12-5-7(11(16)17)13-10(15)9-6-3-1-2-4-8(6)18-14-9/h7H,1-5H2,(H,13,15)(H,16,17). The molecule has 0 saturated carbocycles. The number of carbonyl (C=O) groups excluding carboxylic acids is 1. The summed E-state index contributed by atoms with van der Waals surface area (Å²) in [5, 5.41) is 14.4. The summed E-state index contributed by atoms with van der Waals surface area (Å²) >= 11 is 0. The molecular weight excluding hydrogens is 243 g/mol. The van der Waals surface area contributed by atoms with Crippen molar-refractivity contribution in [1.82, 2.24) is 10.5 Å². The van der Waals surface area contributed by atoms with Gasteiger partial charge in [-0.3, -0.25) is 4.79 Å². The number of aliphatic carboxylic acids is 1. The van der Waals surface area contributed by atoms with Gasteiger partial charge in [-0.25, -0.2) is 9.18 Å². The SMILES string of the molecule is O=C(NC(CF)C(=O)O)c1noc2c1CCCC2. The van der Waals surface area contributed by atoms with Gasteiger partial charge in [-0.1, -0.05) is 5.16 Å². The van der Waals surface area contributed by atoms with E-state index in [1.807, 2.05) is 0 Å². The van der Waals surface area contributed by atoms with Crippen LogP contribution in [0.2, 0.25) is 0 Å². The zero-order chi connectivity index (χ0) is 13.1. The molecule has 0 bridgehead atoms. The Labute approximate surface area is 102 Å². The fourth-order valence-corrected chi connectivity index (χ4v) is 1.96. The molecule has 2 N–H and O–H groups in total. The van der Waals surface area contributed by atoms with Crippen molar-refractivity contribution >= 4 is 11.9 Å². The van der Waals surface area contributed by atoms with E-state index in [-0.39, 0.29) is 5.69 Å². The number of carboxylic acids is 1. The lowest BCUT2D eigenvalue weighted by Crippen LogP contribution is -2.42. The number of carbonyl (C=O) groups is 2. The molecule has 1 unspecified atom stereocenters. The van der Waals surface area contributed by atoms with Crippen LogP contribution in [0.4, 0.5) is 4.39 Å². The number of aromatic nitrogens is 1. The average molecular weight is 256 g/mol. The number of alkyl halides is 1. The van der Waals surface area contributed by atoms with Crippen molar-refractivity contribution in [1.29, 1.82) is 0 Å². The zero-order valence-electron chi connectivity index (χ0n) is 9.61. The second-order valence-corrected chi connectivity index (χ2v) is 4.16. The third-order valence-corrected chi connectivity index (χ3v) is 2.92. The molecule has 0 radical (unpaired) electrons. The summed E-state index contributed by atoms with van der Waals surface area (Å²) in [6, 6.07) is -1.55. The monoisotopic (exact) mass is 256 g/mol. The van der Waals surface area contributed by atoms with Crippen molar-refractivity contribution in [3.8, 4) is 0 Å². The molecule has 0 aliphatic heterocycles. The zero-order valence-corrected chi connectivity index (χ0v) is 9.61. The third kappa shape index (κ3) is 2.34. The Balaban J connectivity index is 2.14. The quantitative estimate of drug-likeness (QED) is 0.827. The highest BCUT2D eigenvalue weighted by atomic mass is 19.1. The van der Waals surface area contributed by atoms with Crippen molar-refractivity contribution in [2.24, 2.45) is 0 Å². The van der Waals surface area contributed by atoms with Crippen molar-refractivity contribution in [3.63, 3.8) is 0 Å². The fourth-order valence-electron chi connectivity index (χ4n) is 1.96. The lowest BCUT2D eigenvalue weighted by Gasteiger charge is -2.11. The predicted molar refractivity (Wildman–Crippen MR) is 58.0 cm³/mol. The second-order valence-electron chi connectivity index (χ2n) is 4.16. The van der Waals surface area contributed by atoms with Crippen LogP contribution in [0.25, 0.3) is 0 Å². The maximum absolute atomic E-state index is 12.4. The number of hydrogen-bond donors (Lipinski definition) is 2. The molecule has 1 aromatic heterocycles. The van der Waals surface area contributed by atoms with Gasteiger partial charge in [0.25, 0.3) is 5.91 Å². The minimum absolute atomic E-state index is 0.0735. The number of nitrogens with zero attached hydrogens (tertiary/aromatic N) is 1. The lowest BCUT2D eigenvalue weighted by molar-refractivity contribution is -0.139. The molecule has 7 heteroatoms. The van der Waals surface area contributed by atoms with E-state index in [0.29, 0.717) is 17.7 Å². The van der Waals surface area contributed by atoms with Crippen molar-refractivity contribution in [2.75, 3.05) is 6.67 Å². The number of fused-ring (bicyclic) bond motifs is 1. The minimum atomic E-state index is -1.55. The Morgan fingerprint density at radius 1 is 1.44 bits per heavy atom. The Hall–Kier alpha value is -1.92. The second kappa shape index (κ2) is 5.16. The molecule has 0 spiro atoms. The highest BCUT2D eigenvalue weighted by Gasteiger charge is 2.27. The van der Waals surface area contributed by atoms with Crippen molar-refractivity contribution in [3.05, 3.63) is 17.0 Å². The summed E-state index contributed by atoms with van der Waals surface area (Å²) in [6.07, 6.45) is 3.31. The number of halogens is 1. The van der Waals surface area contributed by atoms with Gasteiger partial charge in [0.1, 0.15) is 12.4 Å². The van der Waals surface area contributed by atoms with Crippen LogP contribution in [0.1, 0.15) is 34.7 Å². The van der Waals surface area contributed by atoms with Gasteiger partial charge in [0.15, 0.2) is 11.7 Å². The molecule has 1 atom stereocenters. The van der Waals surface area contributed by atoms with Crippen LogP contribution in [0.15, 0.2) is 4.52 Å². The summed E-state index contributed by atoms with van der Waals surface area (Å²) in [7, 11) is 0. The van der Waals surface area contributed by atoms with Crippen molar-refractivity contribution in [2.45, 2.75) is 31.7 Å². The summed E-state index contributed by atoms with van der Waals surface area (Å²) in [5.74, 6) is -1.45. The van der Waals surface area contributed by atoms with Gasteiger partial charge in [-0.2, -0.15) is 0 Å². The number of carboxylic acid groups (broad SMARTS) is 1. The number of hydrogen-bond acceptors (Lipinski definition) is 4. The van der Waals surface area contributed by atoms with Crippen LogP contribution < -0.4 is 5.32 Å². The predicted octanol–water partition coefficient (Wildman–Crippen LogP) is 0.706. The van der Waals surface area contributed by atoms with Gasteiger partial charge in [0.2, 0.25) is 0 Å². The lowest BCUT2D eigenvalue weighted by atomic mass is 9.96. The first-order valence-electron chi connectivity index (χ1n) is 5.70. The number of amides is 1. The van der Waals surface area contributed by atoms with Crippen LogP contribution in [-0.4, -0.2) is 34.9 Å². The molecule has 1 aliphatic rings. The summed E-state index contributed by atoms with van der Waals surface area (Å²) in [5.41, 5.74) is 0.783. The molecule has 0 saturated heterocycles. The molecule has 2 rings (SSSR count). The molecule has 6 nitrogen and oxygen atoms in total. The maximum atomic E-state index is 12.4. The molecule has 98 valence electrons. The van der Waals surface area contributed by atoms with Gasteiger partial charge in [0, 0.05) is 12.0 Å². The highest BCUT2D eigenvalue weighted by molar-refractivity contribution is 5.96. The average Bonchev–Trinajstić information content (AvgIpc) is 2.79. The molecule has 1 aliphatic carbocycles. The Kier molecular flexibility index (Phi) is 3.59. The summed E-state index contributed by atoms with van der Waals surface area (Å²) in [6.45, 7) is -1.17. The van der Waals surface area contributed by atoms with Crippen LogP contribution in [-0.2, 0) is 17.6 Å². The van der Waals surface area contributed by atoms with E-state index < -0.39 is 24.6 Å². The molecular formula is C11H13FN2O4. The topological polar surface area (TPSA) is 92.4 Å². The van der Waals surface area contributed by atoms with Gasteiger partial charge < -0.3 is 14.9 Å². The third-order valence-electron chi connectivity index (χ3n) is 2.92. The molecule has 1 heterocycles. The largest absolute Gasteiger partial charge is 0.480 e. The van der Waals surface area contributed by atoms with E-state index in [2.05, 4.69) is 10.5 Å². The first-order chi connectivity index (χ1) is 8.63. The number of rotatable bonds is 4. The van der Waals surface area contributed by atoms with Crippen LogP contribution in [0.3, 0.4) is 0 Å². The van der Waals surface area contributed by atoms with E-state index in [0.717, 1.165) is 19.3 Å².